The van der Waals surface area contributed by atoms with Gasteiger partial charge in [0.1, 0.15) is 6.73 Å². The van der Waals surface area contributed by atoms with Gasteiger partial charge in [-0.05, 0) is 18.5 Å². The third kappa shape index (κ3) is 4.78. The second kappa shape index (κ2) is 7.20. The highest BCUT2D eigenvalue weighted by molar-refractivity contribution is 6.76. The number of nitrogens with zero attached hydrogens (tertiary/aromatic N) is 2. The normalized spacial score (nSPS) is 12.0. The van der Waals surface area contributed by atoms with Crippen molar-refractivity contribution < 1.29 is 9.53 Å². The van der Waals surface area contributed by atoms with Crippen LogP contribution in [-0.4, -0.2) is 30.2 Å². The molecule has 2 rings (SSSR count). The molecule has 0 aliphatic heterocycles. The van der Waals surface area contributed by atoms with Crippen LogP contribution in [-0.2, 0) is 11.5 Å². The molecule has 0 aliphatic carbocycles. The predicted molar refractivity (Wildman–Crippen MR) is 93.1 cm³/mol. The third-order valence-corrected chi connectivity index (χ3v) is 5.28. The van der Waals surface area contributed by atoms with Gasteiger partial charge >= 0.3 is 0 Å². The maximum absolute atomic E-state index is 11.9. The number of rotatable bonds is 8. The maximum atomic E-state index is 11.9. The summed E-state index contributed by atoms with van der Waals surface area (Å²) in [6.45, 7) is 10.3. The van der Waals surface area contributed by atoms with Crippen LogP contribution in [0.25, 0.3) is 10.9 Å². The molecule has 1 aromatic carbocycles. The van der Waals surface area contributed by atoms with Gasteiger partial charge in [-0.25, -0.2) is 4.68 Å². The maximum Gasteiger partial charge on any atom is 0.162 e. The van der Waals surface area contributed by atoms with Gasteiger partial charge in [-0.1, -0.05) is 38.7 Å². The lowest BCUT2D eigenvalue weighted by atomic mass is 10.1. The Balaban J connectivity index is 1.99. The molecule has 0 spiro atoms. The molecule has 0 unspecified atom stereocenters. The van der Waals surface area contributed by atoms with E-state index in [1.807, 2.05) is 36.0 Å². The van der Waals surface area contributed by atoms with E-state index in [-0.39, 0.29) is 5.78 Å². The first kappa shape index (κ1) is 16.9. The molecule has 0 N–H and O–H groups in total. The highest BCUT2D eigenvalue weighted by atomic mass is 28.3. The summed E-state index contributed by atoms with van der Waals surface area (Å²) >= 11 is 0. The van der Waals surface area contributed by atoms with E-state index in [0.29, 0.717) is 13.2 Å². The summed E-state index contributed by atoms with van der Waals surface area (Å²) in [4.78, 5) is 11.9. The smallest absolute Gasteiger partial charge is 0.162 e. The zero-order valence-electron chi connectivity index (χ0n) is 14.1. The van der Waals surface area contributed by atoms with Crippen molar-refractivity contribution in [2.75, 3.05) is 6.61 Å². The van der Waals surface area contributed by atoms with E-state index >= 15 is 0 Å². The summed E-state index contributed by atoms with van der Waals surface area (Å²) in [5, 5.41) is 5.54. The lowest BCUT2D eigenvalue weighted by Gasteiger charge is -2.15. The summed E-state index contributed by atoms with van der Waals surface area (Å²) in [6.07, 6.45) is 3.43. The van der Waals surface area contributed by atoms with Gasteiger partial charge in [0.05, 0.1) is 5.52 Å². The minimum Gasteiger partial charge on any atom is -0.360 e. The van der Waals surface area contributed by atoms with E-state index in [4.69, 9.17) is 4.74 Å². The minimum absolute atomic E-state index is 0.185. The largest absolute Gasteiger partial charge is 0.360 e. The molecule has 1 heterocycles. The summed E-state index contributed by atoms with van der Waals surface area (Å²) in [5.41, 5.74) is 1.61. The second-order valence-corrected chi connectivity index (χ2v) is 12.6. The van der Waals surface area contributed by atoms with Crippen LogP contribution in [0.15, 0.2) is 24.4 Å². The quantitative estimate of drug-likeness (QED) is 0.413. The van der Waals surface area contributed by atoms with E-state index in [1.165, 1.54) is 0 Å². The predicted octanol–water partition coefficient (Wildman–Crippen LogP) is 4.33. The van der Waals surface area contributed by atoms with Crippen molar-refractivity contribution in [1.29, 1.82) is 0 Å². The molecule has 0 aliphatic rings. The van der Waals surface area contributed by atoms with Crippen molar-refractivity contribution in [2.24, 2.45) is 0 Å². The van der Waals surface area contributed by atoms with E-state index in [9.17, 15) is 4.79 Å². The third-order valence-electron chi connectivity index (χ3n) is 3.57. The molecule has 0 atom stereocenters. The average Bonchev–Trinajstić information content (AvgIpc) is 2.84. The molecule has 0 bridgehead atoms. The number of benzene rings is 1. The van der Waals surface area contributed by atoms with Crippen molar-refractivity contribution in [3.63, 3.8) is 0 Å². The van der Waals surface area contributed by atoms with Crippen molar-refractivity contribution in [3.05, 3.63) is 30.0 Å². The Morgan fingerprint density at radius 3 is 2.77 bits per heavy atom. The Labute approximate surface area is 133 Å². The van der Waals surface area contributed by atoms with Crippen LogP contribution in [0.4, 0.5) is 0 Å². The van der Waals surface area contributed by atoms with Crippen molar-refractivity contribution >= 4 is 24.8 Å². The van der Waals surface area contributed by atoms with Crippen LogP contribution in [0.3, 0.4) is 0 Å². The summed E-state index contributed by atoms with van der Waals surface area (Å²) in [7, 11) is -1.05. The monoisotopic (exact) mass is 318 g/mol. The van der Waals surface area contributed by atoms with Crippen LogP contribution >= 0.6 is 0 Å². The van der Waals surface area contributed by atoms with Crippen molar-refractivity contribution in [3.8, 4) is 0 Å². The van der Waals surface area contributed by atoms with E-state index in [2.05, 4.69) is 24.7 Å². The van der Waals surface area contributed by atoms with Gasteiger partial charge in [-0.15, -0.1) is 0 Å². The topological polar surface area (TPSA) is 44.1 Å². The Bertz CT molecular complexity index is 644. The van der Waals surface area contributed by atoms with Crippen LogP contribution in [0.1, 0.15) is 30.1 Å². The average molecular weight is 318 g/mol. The minimum atomic E-state index is -1.05. The molecule has 0 saturated heterocycles. The van der Waals surface area contributed by atoms with Gasteiger partial charge in [0.2, 0.25) is 0 Å². The number of aromatic nitrogens is 2. The summed E-state index contributed by atoms with van der Waals surface area (Å²) in [5.74, 6) is 0.185. The fraction of sp³-hybridized carbons (Fsp3) is 0.529. The zero-order chi connectivity index (χ0) is 16.2. The Morgan fingerprint density at radius 2 is 2.09 bits per heavy atom. The first-order valence-electron chi connectivity index (χ1n) is 7.97. The lowest BCUT2D eigenvalue weighted by molar-refractivity contribution is 0.0791. The number of fused-ring (bicyclic) bond motifs is 1. The summed E-state index contributed by atoms with van der Waals surface area (Å²) < 4.78 is 7.52. The van der Waals surface area contributed by atoms with Gasteiger partial charge < -0.3 is 4.74 Å². The van der Waals surface area contributed by atoms with E-state index < -0.39 is 8.07 Å². The van der Waals surface area contributed by atoms with Gasteiger partial charge in [0.25, 0.3) is 0 Å². The fourth-order valence-electron chi connectivity index (χ4n) is 2.21. The van der Waals surface area contributed by atoms with E-state index in [0.717, 1.165) is 35.5 Å². The second-order valence-electron chi connectivity index (χ2n) is 6.96. The summed E-state index contributed by atoms with van der Waals surface area (Å²) in [6, 6.07) is 6.89. The highest BCUT2D eigenvalue weighted by Gasteiger charge is 2.12. The molecule has 0 saturated carbocycles. The first-order chi connectivity index (χ1) is 10.4. The Kier molecular flexibility index (Phi) is 5.53. The number of ketones is 1. The fourth-order valence-corrected chi connectivity index (χ4v) is 2.97. The first-order valence-corrected chi connectivity index (χ1v) is 11.7. The Morgan fingerprint density at radius 1 is 1.32 bits per heavy atom. The highest BCUT2D eigenvalue weighted by Crippen LogP contribution is 2.16. The molecule has 5 heteroatoms. The molecule has 22 heavy (non-hydrogen) atoms. The van der Waals surface area contributed by atoms with Gasteiger partial charge in [0, 0.05) is 38.2 Å². The molecular formula is C17H26N2O2Si. The zero-order valence-corrected chi connectivity index (χ0v) is 15.1. The van der Waals surface area contributed by atoms with Crippen LogP contribution < -0.4 is 0 Å². The molecule has 0 amide bonds. The molecule has 0 fully saturated rings. The molecular weight excluding hydrogens is 292 g/mol. The van der Waals surface area contributed by atoms with Gasteiger partial charge in [-0.3, -0.25) is 4.79 Å². The number of Topliss-reactive ketones (excluding diaryl/α,β-unsaturated/α-hetero) is 1. The molecule has 4 nitrogen and oxygen atoms in total. The van der Waals surface area contributed by atoms with E-state index in [1.54, 1.807) is 0 Å². The number of carbonyl (C=O) groups excluding carboxylic acids is 1. The molecule has 120 valence electrons. The van der Waals surface area contributed by atoms with Gasteiger partial charge in [0.15, 0.2) is 5.78 Å². The Hall–Kier alpha value is -1.46. The molecule has 0 radical (unpaired) electrons. The SMILES string of the molecule is CCCC(=O)c1ccc2cn(COCC[Si](C)(C)C)nc2c1. The van der Waals surface area contributed by atoms with Crippen LogP contribution in [0.5, 0.6) is 0 Å². The van der Waals surface area contributed by atoms with Crippen molar-refractivity contribution in [2.45, 2.75) is 52.2 Å². The van der Waals surface area contributed by atoms with Gasteiger partial charge in [-0.2, -0.15) is 5.10 Å². The molecule has 1 aromatic heterocycles. The number of ether oxygens (including phenoxy) is 1. The number of hydrogen-bond donors (Lipinski definition) is 0. The van der Waals surface area contributed by atoms with Crippen LogP contribution in [0.2, 0.25) is 25.7 Å². The van der Waals surface area contributed by atoms with Crippen LogP contribution in [0, 0.1) is 0 Å². The standard InChI is InChI=1S/C17H26N2O2Si/c1-5-6-17(20)14-7-8-15-12-19(18-16(15)11-14)13-21-9-10-22(2,3)4/h7-8,11-12H,5-6,9-10,13H2,1-4H3. The molecule has 2 aromatic rings. The van der Waals surface area contributed by atoms with Crippen molar-refractivity contribution in [1.82, 2.24) is 9.78 Å². The lowest BCUT2D eigenvalue weighted by Crippen LogP contribution is -2.22. The number of carbonyl (C=O) groups is 1. The number of hydrogen-bond acceptors (Lipinski definition) is 3.